The minimum Gasteiger partial charge on any atom is -0.286 e. The second-order valence-electron chi connectivity index (χ2n) is 3.92. The van der Waals surface area contributed by atoms with E-state index in [2.05, 4.69) is 11.9 Å². The predicted octanol–water partition coefficient (Wildman–Crippen LogP) is 3.11. The van der Waals surface area contributed by atoms with Gasteiger partial charge in [0.1, 0.15) is 5.82 Å². The molecule has 74 valence electrons. The first-order valence-electron chi connectivity index (χ1n) is 5.00. The minimum absolute atomic E-state index is 0.169. The lowest BCUT2D eigenvalue weighted by molar-refractivity contribution is 0.626. The van der Waals surface area contributed by atoms with Gasteiger partial charge in [0.15, 0.2) is 0 Å². The van der Waals surface area contributed by atoms with Crippen LogP contribution in [0.2, 0.25) is 0 Å². The van der Waals surface area contributed by atoms with Crippen molar-refractivity contribution >= 4 is 5.71 Å². The molecule has 1 aliphatic heterocycles. The standard InChI is InChI=1S/C12H14FN/c1-8-7-10(13)4-5-11(8)12-6-3-9(2)14-12/h4-5,7,9H,3,6H2,1-2H3/t9-/m1/s1. The third-order valence-electron chi connectivity index (χ3n) is 2.67. The van der Waals surface area contributed by atoms with Gasteiger partial charge in [-0.25, -0.2) is 4.39 Å². The van der Waals surface area contributed by atoms with Crippen LogP contribution in [0.5, 0.6) is 0 Å². The van der Waals surface area contributed by atoms with E-state index in [0.29, 0.717) is 6.04 Å². The molecule has 1 atom stereocenters. The molecule has 0 unspecified atom stereocenters. The molecule has 1 aromatic rings. The highest BCUT2D eigenvalue weighted by atomic mass is 19.1. The van der Waals surface area contributed by atoms with Gasteiger partial charge in [0, 0.05) is 11.8 Å². The van der Waals surface area contributed by atoms with Gasteiger partial charge in [-0.3, -0.25) is 4.99 Å². The number of nitrogens with zero attached hydrogens (tertiary/aromatic N) is 1. The van der Waals surface area contributed by atoms with E-state index in [4.69, 9.17) is 0 Å². The normalized spacial score (nSPS) is 21.1. The van der Waals surface area contributed by atoms with Gasteiger partial charge in [0.05, 0.1) is 0 Å². The van der Waals surface area contributed by atoms with Crippen molar-refractivity contribution < 1.29 is 4.39 Å². The van der Waals surface area contributed by atoms with Gasteiger partial charge in [-0.1, -0.05) is 0 Å². The maximum absolute atomic E-state index is 12.9. The lowest BCUT2D eigenvalue weighted by Crippen LogP contribution is -1.99. The summed E-state index contributed by atoms with van der Waals surface area (Å²) in [5.74, 6) is -0.169. The summed E-state index contributed by atoms with van der Waals surface area (Å²) in [6.07, 6.45) is 2.14. The van der Waals surface area contributed by atoms with Gasteiger partial charge in [-0.2, -0.15) is 0 Å². The molecule has 1 aromatic carbocycles. The molecule has 2 heteroatoms. The highest BCUT2D eigenvalue weighted by Crippen LogP contribution is 2.21. The van der Waals surface area contributed by atoms with E-state index < -0.39 is 0 Å². The van der Waals surface area contributed by atoms with Crippen molar-refractivity contribution in [2.75, 3.05) is 0 Å². The fourth-order valence-corrected chi connectivity index (χ4v) is 1.90. The van der Waals surface area contributed by atoms with E-state index in [-0.39, 0.29) is 5.82 Å². The van der Waals surface area contributed by atoms with Crippen molar-refractivity contribution in [3.63, 3.8) is 0 Å². The molecule has 0 N–H and O–H groups in total. The van der Waals surface area contributed by atoms with Crippen molar-refractivity contribution in [1.29, 1.82) is 0 Å². The Labute approximate surface area is 83.7 Å². The van der Waals surface area contributed by atoms with Gasteiger partial charge in [0.25, 0.3) is 0 Å². The van der Waals surface area contributed by atoms with Crippen molar-refractivity contribution in [1.82, 2.24) is 0 Å². The van der Waals surface area contributed by atoms with Crippen LogP contribution in [0.25, 0.3) is 0 Å². The first-order chi connectivity index (χ1) is 6.66. The fraction of sp³-hybridized carbons (Fsp3) is 0.417. The molecule has 0 saturated carbocycles. The molecular formula is C12H14FN. The highest BCUT2D eigenvalue weighted by Gasteiger charge is 2.16. The summed E-state index contributed by atoms with van der Waals surface area (Å²) in [5.41, 5.74) is 3.23. The number of hydrogen-bond acceptors (Lipinski definition) is 1. The average molecular weight is 191 g/mol. The van der Waals surface area contributed by atoms with E-state index >= 15 is 0 Å². The number of aryl methyl sites for hydroxylation is 1. The van der Waals surface area contributed by atoms with Gasteiger partial charge in [-0.05, 0) is 56.0 Å². The molecule has 0 fully saturated rings. The summed E-state index contributed by atoms with van der Waals surface area (Å²) in [6, 6.07) is 5.34. The Balaban J connectivity index is 2.37. The Kier molecular flexibility index (Phi) is 2.36. The summed E-state index contributed by atoms with van der Waals surface area (Å²) >= 11 is 0. The first kappa shape index (κ1) is 9.38. The second-order valence-corrected chi connectivity index (χ2v) is 3.92. The SMILES string of the molecule is Cc1cc(F)ccc1C1=N[C@H](C)CC1. The van der Waals surface area contributed by atoms with Crippen molar-refractivity contribution in [2.24, 2.45) is 4.99 Å². The van der Waals surface area contributed by atoms with Crippen LogP contribution >= 0.6 is 0 Å². The van der Waals surface area contributed by atoms with E-state index in [1.807, 2.05) is 13.0 Å². The molecule has 1 aliphatic rings. The first-order valence-corrected chi connectivity index (χ1v) is 5.00. The lowest BCUT2D eigenvalue weighted by Gasteiger charge is -2.04. The number of benzene rings is 1. The molecule has 0 radical (unpaired) electrons. The zero-order valence-electron chi connectivity index (χ0n) is 8.55. The van der Waals surface area contributed by atoms with Crippen LogP contribution in [0.15, 0.2) is 23.2 Å². The van der Waals surface area contributed by atoms with Crippen LogP contribution in [0.1, 0.15) is 30.9 Å². The lowest BCUT2D eigenvalue weighted by atomic mass is 10.0. The summed E-state index contributed by atoms with van der Waals surface area (Å²) < 4.78 is 12.9. The Morgan fingerprint density at radius 2 is 2.21 bits per heavy atom. The molecule has 1 nitrogen and oxygen atoms in total. The third kappa shape index (κ3) is 1.69. The van der Waals surface area contributed by atoms with Gasteiger partial charge < -0.3 is 0 Å². The summed E-state index contributed by atoms with van der Waals surface area (Å²) in [4.78, 5) is 4.54. The average Bonchev–Trinajstić information content (AvgIpc) is 2.51. The summed E-state index contributed by atoms with van der Waals surface area (Å²) in [5, 5.41) is 0. The quantitative estimate of drug-likeness (QED) is 0.646. The monoisotopic (exact) mass is 191 g/mol. The van der Waals surface area contributed by atoms with E-state index in [0.717, 1.165) is 29.7 Å². The van der Waals surface area contributed by atoms with E-state index in [9.17, 15) is 4.39 Å². The van der Waals surface area contributed by atoms with Crippen molar-refractivity contribution in [3.8, 4) is 0 Å². The van der Waals surface area contributed by atoms with Crippen LogP contribution in [0, 0.1) is 12.7 Å². The molecular weight excluding hydrogens is 177 g/mol. The largest absolute Gasteiger partial charge is 0.286 e. The highest BCUT2D eigenvalue weighted by molar-refractivity contribution is 6.02. The molecule has 1 heterocycles. The Bertz CT molecular complexity index is 382. The van der Waals surface area contributed by atoms with Gasteiger partial charge in [0.2, 0.25) is 0 Å². The van der Waals surface area contributed by atoms with Crippen molar-refractivity contribution in [2.45, 2.75) is 32.7 Å². The maximum atomic E-state index is 12.9. The Morgan fingerprint density at radius 3 is 2.79 bits per heavy atom. The third-order valence-corrected chi connectivity index (χ3v) is 2.67. The predicted molar refractivity (Wildman–Crippen MR) is 56.4 cm³/mol. The zero-order chi connectivity index (χ0) is 10.1. The molecule has 0 bridgehead atoms. The van der Waals surface area contributed by atoms with Gasteiger partial charge >= 0.3 is 0 Å². The number of hydrogen-bond donors (Lipinski definition) is 0. The van der Waals surface area contributed by atoms with E-state index in [1.54, 1.807) is 6.07 Å². The Morgan fingerprint density at radius 1 is 1.43 bits per heavy atom. The molecule has 14 heavy (non-hydrogen) atoms. The maximum Gasteiger partial charge on any atom is 0.123 e. The van der Waals surface area contributed by atoms with Crippen LogP contribution in [-0.4, -0.2) is 11.8 Å². The van der Waals surface area contributed by atoms with Crippen molar-refractivity contribution in [3.05, 3.63) is 35.1 Å². The Hall–Kier alpha value is -1.18. The number of rotatable bonds is 1. The molecule has 0 saturated heterocycles. The summed E-state index contributed by atoms with van der Waals surface area (Å²) in [7, 11) is 0. The fourth-order valence-electron chi connectivity index (χ4n) is 1.90. The minimum atomic E-state index is -0.169. The zero-order valence-corrected chi connectivity index (χ0v) is 8.55. The molecule has 2 rings (SSSR count). The molecule has 0 aliphatic carbocycles. The molecule has 0 aromatic heterocycles. The van der Waals surface area contributed by atoms with E-state index in [1.165, 1.54) is 6.07 Å². The smallest absolute Gasteiger partial charge is 0.123 e. The molecule has 0 amide bonds. The van der Waals surface area contributed by atoms with Crippen LogP contribution in [0.4, 0.5) is 4.39 Å². The topological polar surface area (TPSA) is 12.4 Å². The summed E-state index contributed by atoms with van der Waals surface area (Å²) in [6.45, 7) is 4.05. The van der Waals surface area contributed by atoms with Crippen LogP contribution < -0.4 is 0 Å². The van der Waals surface area contributed by atoms with Crippen LogP contribution in [0.3, 0.4) is 0 Å². The second kappa shape index (κ2) is 3.52. The van der Waals surface area contributed by atoms with Crippen LogP contribution in [-0.2, 0) is 0 Å². The molecule has 0 spiro atoms. The number of aliphatic imine (C=N–C) groups is 1. The van der Waals surface area contributed by atoms with Gasteiger partial charge in [-0.15, -0.1) is 0 Å². The number of halogens is 1.